The molecule has 1 atom stereocenters. The molecule has 1 aromatic heterocycles. The van der Waals surface area contributed by atoms with Gasteiger partial charge in [0.2, 0.25) is 16.9 Å². The van der Waals surface area contributed by atoms with Gasteiger partial charge in [0.25, 0.3) is 5.69 Å². The number of thioether (sulfide) groups is 1. The van der Waals surface area contributed by atoms with Crippen LogP contribution in [-0.2, 0) is 9.59 Å². The first-order valence-corrected chi connectivity index (χ1v) is 9.86. The molecule has 0 bridgehead atoms. The first kappa shape index (κ1) is 19.7. The van der Waals surface area contributed by atoms with Crippen molar-refractivity contribution in [3.8, 4) is 0 Å². The summed E-state index contributed by atoms with van der Waals surface area (Å²) in [5.74, 6) is -0.757. The van der Waals surface area contributed by atoms with Crippen LogP contribution in [0.25, 0.3) is 0 Å². The number of carbonyl (C=O) groups excluding carboxylic acids is 2. The molecule has 0 unspecified atom stereocenters. The second kappa shape index (κ2) is 8.76. The predicted molar refractivity (Wildman–Crippen MR) is 109 cm³/mol. The van der Waals surface area contributed by atoms with Crippen LogP contribution in [0.5, 0.6) is 0 Å². The Bertz CT molecular complexity index is 945. The zero-order valence-corrected chi connectivity index (χ0v) is 16.1. The standard InChI is InChI=1S/C17H15N5O4S2/c1-2-8-21-15(24)13(28-17(21)20-16-18-7-9-27-16)10-14(23)19-11-5-3-4-6-12(11)22(25)26/h2-7,9,13H,1,8,10H2,(H,19,23)/t13-/m1/s1. The first-order valence-electron chi connectivity index (χ1n) is 8.10. The van der Waals surface area contributed by atoms with E-state index in [-0.39, 0.29) is 30.2 Å². The molecule has 2 heterocycles. The van der Waals surface area contributed by atoms with Crippen molar-refractivity contribution in [2.75, 3.05) is 11.9 Å². The summed E-state index contributed by atoms with van der Waals surface area (Å²) in [6.07, 6.45) is 3.05. The van der Waals surface area contributed by atoms with E-state index in [9.17, 15) is 19.7 Å². The molecule has 144 valence electrons. The van der Waals surface area contributed by atoms with Crippen molar-refractivity contribution in [2.24, 2.45) is 4.99 Å². The zero-order chi connectivity index (χ0) is 20.1. The third kappa shape index (κ3) is 4.43. The molecule has 1 aliphatic rings. The van der Waals surface area contributed by atoms with Gasteiger partial charge in [0.1, 0.15) is 10.9 Å². The number of nitro benzene ring substituents is 1. The van der Waals surface area contributed by atoms with E-state index in [4.69, 9.17) is 0 Å². The molecule has 0 radical (unpaired) electrons. The number of thiazole rings is 1. The zero-order valence-electron chi connectivity index (χ0n) is 14.5. The van der Waals surface area contributed by atoms with Gasteiger partial charge in [-0.1, -0.05) is 30.0 Å². The van der Waals surface area contributed by atoms with Gasteiger partial charge in [-0.15, -0.1) is 17.9 Å². The van der Waals surface area contributed by atoms with Crippen molar-refractivity contribution in [1.82, 2.24) is 9.88 Å². The van der Waals surface area contributed by atoms with Crippen LogP contribution >= 0.6 is 23.1 Å². The van der Waals surface area contributed by atoms with Crippen LogP contribution in [0.1, 0.15) is 6.42 Å². The number of aliphatic imine (C=N–C) groups is 1. The number of carbonyl (C=O) groups is 2. The highest BCUT2D eigenvalue weighted by molar-refractivity contribution is 8.15. The van der Waals surface area contributed by atoms with Crippen LogP contribution in [0.15, 0.2) is 53.5 Å². The Morgan fingerprint density at radius 3 is 2.93 bits per heavy atom. The maximum atomic E-state index is 12.7. The van der Waals surface area contributed by atoms with Crippen molar-refractivity contribution in [3.05, 3.63) is 58.6 Å². The lowest BCUT2D eigenvalue weighted by atomic mass is 10.2. The molecule has 1 fully saturated rings. The summed E-state index contributed by atoms with van der Waals surface area (Å²) < 4.78 is 0. The van der Waals surface area contributed by atoms with Gasteiger partial charge in [0.05, 0.1) is 4.92 Å². The fourth-order valence-corrected chi connectivity index (χ4v) is 4.19. The molecule has 2 aromatic rings. The molecule has 1 aromatic carbocycles. The lowest BCUT2D eigenvalue weighted by molar-refractivity contribution is -0.383. The number of hydrogen-bond acceptors (Lipinski definition) is 8. The van der Waals surface area contributed by atoms with E-state index in [1.54, 1.807) is 23.7 Å². The van der Waals surface area contributed by atoms with Crippen molar-refractivity contribution in [1.29, 1.82) is 0 Å². The molecule has 28 heavy (non-hydrogen) atoms. The van der Waals surface area contributed by atoms with Gasteiger partial charge in [-0.3, -0.25) is 24.6 Å². The van der Waals surface area contributed by atoms with Gasteiger partial charge >= 0.3 is 0 Å². The maximum Gasteiger partial charge on any atom is 0.292 e. The van der Waals surface area contributed by atoms with Crippen LogP contribution < -0.4 is 5.32 Å². The fourth-order valence-electron chi connectivity index (χ4n) is 2.48. The monoisotopic (exact) mass is 417 g/mol. The molecular formula is C17H15N5O4S2. The lowest BCUT2D eigenvalue weighted by Crippen LogP contribution is -2.33. The number of hydrogen-bond donors (Lipinski definition) is 1. The molecule has 3 rings (SSSR count). The van der Waals surface area contributed by atoms with Crippen LogP contribution in [0.4, 0.5) is 16.5 Å². The van der Waals surface area contributed by atoms with E-state index in [1.807, 2.05) is 0 Å². The van der Waals surface area contributed by atoms with E-state index in [0.717, 1.165) is 0 Å². The van der Waals surface area contributed by atoms with E-state index in [1.165, 1.54) is 46.2 Å². The minimum atomic E-state index is -0.679. The number of amidine groups is 1. The summed E-state index contributed by atoms with van der Waals surface area (Å²) >= 11 is 2.50. The van der Waals surface area contributed by atoms with Crippen molar-refractivity contribution in [3.63, 3.8) is 0 Å². The van der Waals surface area contributed by atoms with Crippen molar-refractivity contribution in [2.45, 2.75) is 11.7 Å². The molecule has 2 amide bonds. The molecule has 1 aliphatic heterocycles. The molecule has 0 spiro atoms. The summed E-state index contributed by atoms with van der Waals surface area (Å²) in [7, 11) is 0. The maximum absolute atomic E-state index is 12.7. The fraction of sp³-hybridized carbons (Fsp3) is 0.176. The SMILES string of the molecule is C=CCN1C(=O)[C@@H](CC(=O)Nc2ccccc2[N+](=O)[O-])SC1=Nc1nccs1. The van der Waals surface area contributed by atoms with Crippen LogP contribution in [0, 0.1) is 10.1 Å². The number of nitro groups is 1. The van der Waals surface area contributed by atoms with Gasteiger partial charge in [-0.25, -0.2) is 4.98 Å². The van der Waals surface area contributed by atoms with Gasteiger partial charge in [0, 0.05) is 30.6 Å². The Hall–Kier alpha value is -3.05. The highest BCUT2D eigenvalue weighted by Crippen LogP contribution is 2.32. The largest absolute Gasteiger partial charge is 0.320 e. The Morgan fingerprint density at radius 2 is 2.25 bits per heavy atom. The molecule has 11 heteroatoms. The lowest BCUT2D eigenvalue weighted by Gasteiger charge is -2.13. The summed E-state index contributed by atoms with van der Waals surface area (Å²) in [4.78, 5) is 45.4. The average Bonchev–Trinajstić information content (AvgIpc) is 3.26. The predicted octanol–water partition coefficient (Wildman–Crippen LogP) is 3.20. The van der Waals surface area contributed by atoms with E-state index < -0.39 is 16.1 Å². The topological polar surface area (TPSA) is 118 Å². The van der Waals surface area contributed by atoms with Crippen LogP contribution in [0.2, 0.25) is 0 Å². The molecule has 1 N–H and O–H groups in total. The Balaban J connectivity index is 1.73. The molecule has 0 aliphatic carbocycles. The molecule has 1 saturated heterocycles. The van der Waals surface area contributed by atoms with E-state index >= 15 is 0 Å². The minimum Gasteiger partial charge on any atom is -0.320 e. The third-order valence-electron chi connectivity index (χ3n) is 3.69. The van der Waals surface area contributed by atoms with Gasteiger partial charge in [0.15, 0.2) is 5.17 Å². The van der Waals surface area contributed by atoms with Crippen LogP contribution in [-0.4, -0.2) is 43.6 Å². The number of aromatic nitrogens is 1. The Morgan fingerprint density at radius 1 is 1.46 bits per heavy atom. The van der Waals surface area contributed by atoms with Gasteiger partial charge in [-0.05, 0) is 6.07 Å². The number of rotatable bonds is 7. The number of benzene rings is 1. The summed E-state index contributed by atoms with van der Waals surface area (Å²) in [6.45, 7) is 3.91. The van der Waals surface area contributed by atoms with Gasteiger partial charge < -0.3 is 5.32 Å². The average molecular weight is 417 g/mol. The summed E-state index contributed by atoms with van der Waals surface area (Å²) in [5, 5.41) is 15.6. The third-order valence-corrected chi connectivity index (χ3v) is 5.53. The molecule has 9 nitrogen and oxygen atoms in total. The van der Waals surface area contributed by atoms with Crippen LogP contribution in [0.3, 0.4) is 0 Å². The Labute approximate surface area is 168 Å². The number of para-hydroxylation sites is 2. The second-order valence-electron chi connectivity index (χ2n) is 5.58. The van der Waals surface area contributed by atoms with E-state index in [0.29, 0.717) is 10.3 Å². The van der Waals surface area contributed by atoms with Gasteiger partial charge in [-0.2, -0.15) is 4.99 Å². The quantitative estimate of drug-likeness (QED) is 0.420. The van der Waals surface area contributed by atoms with Crippen molar-refractivity contribution < 1.29 is 14.5 Å². The summed E-state index contributed by atoms with van der Waals surface area (Å²) in [6, 6.07) is 5.84. The summed E-state index contributed by atoms with van der Waals surface area (Å²) in [5.41, 5.74) is -0.117. The van der Waals surface area contributed by atoms with Crippen molar-refractivity contribution >= 4 is 56.6 Å². The Kier molecular flexibility index (Phi) is 6.16. The molecular weight excluding hydrogens is 402 g/mol. The molecule has 0 saturated carbocycles. The number of anilines is 1. The van der Waals surface area contributed by atoms with E-state index in [2.05, 4.69) is 21.9 Å². The first-order chi connectivity index (χ1) is 13.5. The second-order valence-corrected chi connectivity index (χ2v) is 7.62. The number of nitrogens with one attached hydrogen (secondary N) is 1. The highest BCUT2D eigenvalue weighted by atomic mass is 32.2. The smallest absolute Gasteiger partial charge is 0.292 e. The highest BCUT2D eigenvalue weighted by Gasteiger charge is 2.39. The number of amides is 2. The normalized spacial score (nSPS) is 17.7. The number of nitrogens with zero attached hydrogens (tertiary/aromatic N) is 4. The minimum absolute atomic E-state index is 0.0903.